The molecular weight excluding hydrogens is 324 g/mol. The Morgan fingerprint density at radius 1 is 1.32 bits per heavy atom. The van der Waals surface area contributed by atoms with E-state index < -0.39 is 4.92 Å². The predicted octanol–water partition coefficient (Wildman–Crippen LogP) is 2.75. The Hall–Kier alpha value is -3.42. The van der Waals surface area contributed by atoms with Crippen molar-refractivity contribution in [3.63, 3.8) is 0 Å². The zero-order valence-electron chi connectivity index (χ0n) is 13.7. The summed E-state index contributed by atoms with van der Waals surface area (Å²) in [6.07, 6.45) is 0. The number of carbonyl (C=O) groups is 1. The van der Waals surface area contributed by atoms with Gasteiger partial charge in [0.15, 0.2) is 0 Å². The number of nitro groups is 1. The zero-order chi connectivity index (χ0) is 18.0. The zero-order valence-corrected chi connectivity index (χ0v) is 13.7. The molecule has 0 aliphatic rings. The number of nitrogens with zero attached hydrogens (tertiary/aromatic N) is 3. The van der Waals surface area contributed by atoms with Crippen molar-refractivity contribution >= 4 is 22.6 Å². The highest BCUT2D eigenvalue weighted by atomic mass is 16.6. The van der Waals surface area contributed by atoms with Gasteiger partial charge in [-0.3, -0.25) is 14.9 Å². The van der Waals surface area contributed by atoms with Crippen molar-refractivity contribution in [1.82, 2.24) is 14.9 Å². The lowest BCUT2D eigenvalue weighted by molar-refractivity contribution is -0.384. The molecule has 0 bridgehead atoms. The topological polar surface area (TPSA) is 101 Å². The van der Waals surface area contributed by atoms with Gasteiger partial charge in [0.05, 0.1) is 35.2 Å². The van der Waals surface area contributed by atoms with Gasteiger partial charge >= 0.3 is 0 Å². The summed E-state index contributed by atoms with van der Waals surface area (Å²) < 4.78 is 5.16. The summed E-state index contributed by atoms with van der Waals surface area (Å²) in [6, 6.07) is 11.5. The molecule has 1 aromatic heterocycles. The van der Waals surface area contributed by atoms with Crippen molar-refractivity contribution in [2.45, 2.75) is 6.54 Å². The summed E-state index contributed by atoms with van der Waals surface area (Å²) in [5.74, 6) is 0.523. The maximum absolute atomic E-state index is 12.7. The van der Waals surface area contributed by atoms with Crippen LogP contribution in [0, 0.1) is 10.1 Å². The molecule has 0 radical (unpaired) electrons. The number of nitro benzene ring substituents is 1. The molecule has 25 heavy (non-hydrogen) atoms. The standard InChI is InChI=1S/C17H16N4O4/c1-20(10-16-18-13-5-3-4-6-14(13)19-16)17(22)12-9-11(21(23)24)7-8-15(12)25-2/h3-9H,10H2,1-2H3,(H,18,19). The van der Waals surface area contributed by atoms with Gasteiger partial charge in [0.2, 0.25) is 0 Å². The Morgan fingerprint density at radius 2 is 2.08 bits per heavy atom. The molecule has 0 atom stereocenters. The van der Waals surface area contributed by atoms with Crippen molar-refractivity contribution in [1.29, 1.82) is 0 Å². The lowest BCUT2D eigenvalue weighted by atomic mass is 10.1. The summed E-state index contributed by atoms with van der Waals surface area (Å²) in [5, 5.41) is 11.0. The highest BCUT2D eigenvalue weighted by molar-refractivity contribution is 5.97. The van der Waals surface area contributed by atoms with Gasteiger partial charge in [-0.1, -0.05) is 12.1 Å². The number of nitrogens with one attached hydrogen (secondary N) is 1. The van der Waals surface area contributed by atoms with E-state index in [1.54, 1.807) is 7.05 Å². The van der Waals surface area contributed by atoms with Crippen LogP contribution in [-0.2, 0) is 6.54 Å². The molecule has 0 fully saturated rings. The fraction of sp³-hybridized carbons (Fsp3) is 0.176. The van der Waals surface area contributed by atoms with Crippen LogP contribution in [0.15, 0.2) is 42.5 Å². The van der Waals surface area contributed by atoms with E-state index >= 15 is 0 Å². The highest BCUT2D eigenvalue weighted by Gasteiger charge is 2.21. The van der Waals surface area contributed by atoms with Gasteiger partial charge in [0.1, 0.15) is 11.6 Å². The smallest absolute Gasteiger partial charge is 0.270 e. The monoisotopic (exact) mass is 340 g/mol. The Balaban J connectivity index is 1.86. The minimum absolute atomic E-state index is 0.135. The number of para-hydroxylation sites is 2. The Kier molecular flexibility index (Phi) is 4.34. The number of non-ortho nitro benzene ring substituents is 1. The lowest BCUT2D eigenvalue weighted by Gasteiger charge is -2.17. The molecule has 2 aromatic carbocycles. The molecule has 8 nitrogen and oxygen atoms in total. The third-order valence-corrected chi connectivity index (χ3v) is 3.80. The number of aromatic amines is 1. The maximum atomic E-state index is 12.7. The molecule has 0 aliphatic heterocycles. The van der Waals surface area contributed by atoms with E-state index in [2.05, 4.69) is 9.97 Å². The van der Waals surface area contributed by atoms with Crippen LogP contribution in [0.1, 0.15) is 16.2 Å². The van der Waals surface area contributed by atoms with Crippen LogP contribution in [-0.4, -0.2) is 39.9 Å². The highest BCUT2D eigenvalue weighted by Crippen LogP contribution is 2.25. The number of carbonyl (C=O) groups excluding carboxylic acids is 1. The van der Waals surface area contributed by atoms with Gasteiger partial charge in [-0.25, -0.2) is 4.98 Å². The first-order valence-corrected chi connectivity index (χ1v) is 7.51. The average Bonchev–Trinajstić information content (AvgIpc) is 3.02. The van der Waals surface area contributed by atoms with Crippen molar-refractivity contribution in [2.24, 2.45) is 0 Å². The fourth-order valence-corrected chi connectivity index (χ4v) is 2.56. The SMILES string of the molecule is COc1ccc([N+](=O)[O-])cc1C(=O)N(C)Cc1nc2ccccc2[nH]1. The van der Waals surface area contributed by atoms with Gasteiger partial charge < -0.3 is 14.6 Å². The van der Waals surface area contributed by atoms with Gasteiger partial charge in [0.25, 0.3) is 11.6 Å². The fourth-order valence-electron chi connectivity index (χ4n) is 2.56. The van der Waals surface area contributed by atoms with E-state index in [4.69, 9.17) is 4.74 Å². The molecule has 128 valence electrons. The predicted molar refractivity (Wildman–Crippen MR) is 91.5 cm³/mol. The summed E-state index contributed by atoms with van der Waals surface area (Å²) >= 11 is 0. The van der Waals surface area contributed by atoms with Crippen LogP contribution in [0.4, 0.5) is 5.69 Å². The summed E-state index contributed by atoms with van der Waals surface area (Å²) in [4.78, 5) is 32.1. The van der Waals surface area contributed by atoms with Crippen molar-refractivity contribution in [2.75, 3.05) is 14.2 Å². The summed E-state index contributed by atoms with van der Waals surface area (Å²) in [7, 11) is 3.02. The second-order valence-corrected chi connectivity index (χ2v) is 5.50. The maximum Gasteiger partial charge on any atom is 0.270 e. The second kappa shape index (κ2) is 6.60. The molecule has 0 aliphatic carbocycles. The van der Waals surface area contributed by atoms with Crippen LogP contribution >= 0.6 is 0 Å². The lowest BCUT2D eigenvalue weighted by Crippen LogP contribution is -2.27. The number of hydrogen-bond acceptors (Lipinski definition) is 5. The Bertz CT molecular complexity index is 918. The van der Waals surface area contributed by atoms with Crippen molar-refractivity contribution < 1.29 is 14.5 Å². The normalized spacial score (nSPS) is 10.6. The Labute approximate surface area is 143 Å². The number of methoxy groups -OCH3 is 1. The first-order valence-electron chi connectivity index (χ1n) is 7.51. The molecule has 8 heteroatoms. The largest absolute Gasteiger partial charge is 0.496 e. The number of aromatic nitrogens is 2. The van der Waals surface area contributed by atoms with Gasteiger partial charge in [0, 0.05) is 19.2 Å². The van der Waals surface area contributed by atoms with E-state index in [1.165, 1.54) is 30.2 Å². The van der Waals surface area contributed by atoms with E-state index in [1.807, 2.05) is 24.3 Å². The number of hydrogen-bond donors (Lipinski definition) is 1. The van der Waals surface area contributed by atoms with Crippen LogP contribution in [0.2, 0.25) is 0 Å². The summed E-state index contributed by atoms with van der Waals surface area (Å²) in [6.45, 7) is 0.235. The van der Waals surface area contributed by atoms with E-state index in [9.17, 15) is 14.9 Å². The van der Waals surface area contributed by atoms with Crippen LogP contribution in [0.25, 0.3) is 11.0 Å². The van der Waals surface area contributed by atoms with Crippen LogP contribution in [0.5, 0.6) is 5.75 Å². The van der Waals surface area contributed by atoms with Crippen molar-refractivity contribution in [3.05, 3.63) is 64.0 Å². The quantitative estimate of drug-likeness (QED) is 0.568. The summed E-state index contributed by atoms with van der Waals surface area (Å²) in [5.41, 5.74) is 1.66. The molecule has 1 N–H and O–H groups in total. The third-order valence-electron chi connectivity index (χ3n) is 3.80. The van der Waals surface area contributed by atoms with Crippen LogP contribution in [0.3, 0.4) is 0 Å². The molecule has 0 spiro atoms. The van der Waals surface area contributed by atoms with Gasteiger partial charge in [-0.05, 0) is 18.2 Å². The molecule has 0 saturated carbocycles. The van der Waals surface area contributed by atoms with Gasteiger partial charge in [-0.2, -0.15) is 0 Å². The third kappa shape index (κ3) is 3.27. The second-order valence-electron chi connectivity index (χ2n) is 5.50. The number of amides is 1. The van der Waals surface area contributed by atoms with E-state index in [-0.39, 0.29) is 29.5 Å². The van der Waals surface area contributed by atoms with Crippen molar-refractivity contribution in [3.8, 4) is 5.75 Å². The van der Waals surface area contributed by atoms with Gasteiger partial charge in [-0.15, -0.1) is 0 Å². The minimum atomic E-state index is -0.546. The van der Waals surface area contributed by atoms with E-state index in [0.29, 0.717) is 5.82 Å². The number of imidazole rings is 1. The number of ether oxygens (including phenoxy) is 1. The average molecular weight is 340 g/mol. The number of fused-ring (bicyclic) bond motifs is 1. The molecule has 3 rings (SSSR count). The number of H-pyrrole nitrogens is 1. The van der Waals surface area contributed by atoms with E-state index in [0.717, 1.165) is 11.0 Å². The minimum Gasteiger partial charge on any atom is -0.496 e. The first kappa shape index (κ1) is 16.4. The van der Waals surface area contributed by atoms with Crippen LogP contribution < -0.4 is 4.74 Å². The molecule has 3 aromatic rings. The Morgan fingerprint density at radius 3 is 2.76 bits per heavy atom. The first-order chi connectivity index (χ1) is 12.0. The molecule has 0 saturated heterocycles. The molecular formula is C17H16N4O4. The number of benzene rings is 2. The number of rotatable bonds is 5. The molecule has 0 unspecified atom stereocenters. The molecule has 1 amide bonds. The molecule has 1 heterocycles.